The highest BCUT2D eigenvalue weighted by molar-refractivity contribution is 4.91. The molecule has 3 nitrogen and oxygen atoms in total. The summed E-state index contributed by atoms with van der Waals surface area (Å²) in [6.07, 6.45) is 1.85. The smallest absolute Gasteiger partial charge is 0.0812 e. The van der Waals surface area contributed by atoms with E-state index in [0.717, 1.165) is 19.4 Å². The lowest BCUT2D eigenvalue weighted by molar-refractivity contribution is -0.0729. The molecule has 0 heterocycles. The summed E-state index contributed by atoms with van der Waals surface area (Å²) in [6, 6.07) is 2.28. The molecule has 0 aliphatic carbocycles. The van der Waals surface area contributed by atoms with Gasteiger partial charge in [-0.05, 0) is 47.5 Å². The average Bonchev–Trinajstić information content (AvgIpc) is 2.01. The fourth-order valence-corrected chi connectivity index (χ4v) is 0.926. The molecule has 0 aliphatic heterocycles. The van der Waals surface area contributed by atoms with Crippen LogP contribution in [0.25, 0.3) is 0 Å². The Hall–Kier alpha value is -0.590. The van der Waals surface area contributed by atoms with Crippen LogP contribution in [0.4, 0.5) is 0 Å². The number of rotatable bonds is 5. The van der Waals surface area contributed by atoms with Gasteiger partial charge < -0.3 is 0 Å². The van der Waals surface area contributed by atoms with Crippen LogP contribution in [0.3, 0.4) is 0 Å². The highest BCUT2D eigenvalue weighted by atomic mass is 16.7. The molecule has 0 aromatic carbocycles. The Kier molecular flexibility index (Phi) is 5.11. The Morgan fingerprint density at radius 3 is 2.21 bits per heavy atom. The monoisotopic (exact) mass is 198 g/mol. The largest absolute Gasteiger partial charge is 0.296 e. The van der Waals surface area contributed by atoms with E-state index >= 15 is 0 Å². The highest BCUT2D eigenvalue weighted by Gasteiger charge is 2.15. The van der Waals surface area contributed by atoms with Gasteiger partial charge in [0, 0.05) is 6.54 Å². The summed E-state index contributed by atoms with van der Waals surface area (Å²) in [7, 11) is 0. The fraction of sp³-hybridized carbons (Fsp3) is 0.909. The molecule has 0 spiro atoms. The maximum Gasteiger partial charge on any atom is 0.0812 e. The third kappa shape index (κ3) is 8.03. The van der Waals surface area contributed by atoms with Gasteiger partial charge >= 0.3 is 0 Å². The Morgan fingerprint density at radius 1 is 1.21 bits per heavy atom. The van der Waals surface area contributed by atoms with Crippen LogP contribution in [0.5, 0.6) is 0 Å². The second-order valence-electron chi connectivity index (χ2n) is 5.21. The van der Waals surface area contributed by atoms with Crippen LogP contribution in [-0.4, -0.2) is 12.1 Å². The summed E-state index contributed by atoms with van der Waals surface area (Å²) in [4.78, 5) is 5.34. The number of hydrogen-bond donors (Lipinski definition) is 1. The molecule has 0 aromatic heterocycles. The molecule has 0 atom stereocenters. The van der Waals surface area contributed by atoms with Gasteiger partial charge in [-0.25, -0.2) is 5.48 Å². The van der Waals surface area contributed by atoms with Crippen LogP contribution in [0.2, 0.25) is 0 Å². The van der Waals surface area contributed by atoms with Crippen molar-refractivity contribution in [3.63, 3.8) is 0 Å². The van der Waals surface area contributed by atoms with E-state index in [9.17, 15) is 0 Å². The Bertz CT molecular complexity index is 198. The maximum atomic E-state index is 8.78. The second kappa shape index (κ2) is 5.33. The third-order valence-corrected chi connectivity index (χ3v) is 1.76. The molecule has 0 saturated carbocycles. The van der Waals surface area contributed by atoms with Crippen molar-refractivity contribution in [2.45, 2.75) is 53.1 Å². The van der Waals surface area contributed by atoms with Crippen LogP contribution >= 0.6 is 0 Å². The van der Waals surface area contributed by atoms with E-state index < -0.39 is 0 Å². The Morgan fingerprint density at radius 2 is 1.79 bits per heavy atom. The minimum absolute atomic E-state index is 0.148. The van der Waals surface area contributed by atoms with Crippen molar-refractivity contribution in [1.29, 1.82) is 5.26 Å². The predicted molar refractivity (Wildman–Crippen MR) is 57.5 cm³/mol. The molecule has 0 saturated heterocycles. The van der Waals surface area contributed by atoms with E-state index in [4.69, 9.17) is 10.1 Å². The van der Waals surface area contributed by atoms with E-state index in [1.54, 1.807) is 0 Å². The summed E-state index contributed by atoms with van der Waals surface area (Å²) in [6.45, 7) is 10.7. The van der Waals surface area contributed by atoms with Gasteiger partial charge in [0.2, 0.25) is 0 Å². The lowest BCUT2D eigenvalue weighted by Crippen LogP contribution is -2.30. The van der Waals surface area contributed by atoms with Crippen molar-refractivity contribution in [2.75, 3.05) is 6.54 Å². The molecule has 14 heavy (non-hydrogen) atoms. The summed E-state index contributed by atoms with van der Waals surface area (Å²) >= 11 is 0. The van der Waals surface area contributed by atoms with Crippen molar-refractivity contribution >= 4 is 0 Å². The number of nitriles is 1. The molecular formula is C11H22N2O. The number of hydroxylamine groups is 1. The molecule has 0 unspecified atom stereocenters. The van der Waals surface area contributed by atoms with Crippen LogP contribution in [-0.2, 0) is 4.84 Å². The Labute approximate surface area is 87.4 Å². The summed E-state index contributed by atoms with van der Waals surface area (Å²) in [5.41, 5.74) is 2.55. The molecule has 3 heteroatoms. The third-order valence-electron chi connectivity index (χ3n) is 1.76. The highest BCUT2D eigenvalue weighted by Crippen LogP contribution is 2.19. The van der Waals surface area contributed by atoms with E-state index in [0.29, 0.717) is 0 Å². The number of hydrogen-bond acceptors (Lipinski definition) is 3. The summed E-state index contributed by atoms with van der Waals surface area (Å²) in [5.74, 6) is 0. The molecule has 0 fully saturated rings. The van der Waals surface area contributed by atoms with Gasteiger partial charge in [-0.1, -0.05) is 0 Å². The van der Waals surface area contributed by atoms with E-state index in [-0.39, 0.29) is 11.0 Å². The maximum absolute atomic E-state index is 8.78. The van der Waals surface area contributed by atoms with Crippen molar-refractivity contribution in [3.8, 4) is 6.07 Å². The SMILES string of the molecule is CC(C)(C#N)CCCNOC(C)(C)C. The molecule has 1 N–H and O–H groups in total. The van der Waals surface area contributed by atoms with E-state index in [2.05, 4.69) is 11.5 Å². The van der Waals surface area contributed by atoms with Gasteiger partial charge in [0.15, 0.2) is 0 Å². The standard InChI is InChI=1S/C11H22N2O/c1-10(2,3)14-13-8-6-7-11(4,5)9-12/h13H,6-8H2,1-5H3. The van der Waals surface area contributed by atoms with Gasteiger partial charge in [-0.15, -0.1) is 0 Å². The van der Waals surface area contributed by atoms with Crippen molar-refractivity contribution < 1.29 is 4.84 Å². The molecule has 0 radical (unpaired) electrons. The first kappa shape index (κ1) is 13.4. The van der Waals surface area contributed by atoms with Gasteiger partial charge in [0.1, 0.15) is 0 Å². The first-order valence-corrected chi connectivity index (χ1v) is 5.09. The first-order chi connectivity index (χ1) is 6.27. The van der Waals surface area contributed by atoms with Crippen LogP contribution in [0.15, 0.2) is 0 Å². The zero-order chi connectivity index (χ0) is 11.2. The van der Waals surface area contributed by atoms with Crippen molar-refractivity contribution in [2.24, 2.45) is 5.41 Å². The lowest BCUT2D eigenvalue weighted by Gasteiger charge is -2.20. The summed E-state index contributed by atoms with van der Waals surface area (Å²) < 4.78 is 0. The molecule has 0 aliphatic rings. The first-order valence-electron chi connectivity index (χ1n) is 5.09. The molecular weight excluding hydrogens is 176 g/mol. The van der Waals surface area contributed by atoms with Crippen molar-refractivity contribution in [3.05, 3.63) is 0 Å². The van der Waals surface area contributed by atoms with E-state index in [1.807, 2.05) is 34.6 Å². The lowest BCUT2D eigenvalue weighted by atomic mass is 9.90. The minimum atomic E-state index is -0.219. The molecule has 0 rings (SSSR count). The predicted octanol–water partition coefficient (Wildman–Crippen LogP) is 2.64. The molecule has 82 valence electrons. The molecule has 0 bridgehead atoms. The van der Waals surface area contributed by atoms with Crippen LogP contribution in [0.1, 0.15) is 47.5 Å². The Balaban J connectivity index is 3.45. The topological polar surface area (TPSA) is 45.0 Å². The average molecular weight is 198 g/mol. The number of nitrogens with zero attached hydrogens (tertiary/aromatic N) is 1. The molecule has 0 amide bonds. The van der Waals surface area contributed by atoms with Gasteiger partial charge in [-0.2, -0.15) is 5.26 Å². The minimum Gasteiger partial charge on any atom is -0.296 e. The fourth-order valence-electron chi connectivity index (χ4n) is 0.926. The number of nitrogens with one attached hydrogen (secondary N) is 1. The quantitative estimate of drug-likeness (QED) is 0.545. The van der Waals surface area contributed by atoms with Gasteiger partial charge in [0.05, 0.1) is 17.1 Å². The molecule has 0 aromatic rings. The normalized spacial score (nSPS) is 12.6. The van der Waals surface area contributed by atoms with Gasteiger partial charge in [0.25, 0.3) is 0 Å². The zero-order valence-electron chi connectivity index (χ0n) is 9.98. The van der Waals surface area contributed by atoms with Crippen LogP contribution < -0.4 is 5.48 Å². The van der Waals surface area contributed by atoms with E-state index in [1.165, 1.54) is 0 Å². The van der Waals surface area contributed by atoms with Gasteiger partial charge in [-0.3, -0.25) is 4.84 Å². The second-order valence-corrected chi connectivity index (χ2v) is 5.21. The summed E-state index contributed by atoms with van der Waals surface area (Å²) in [5, 5.41) is 8.78. The zero-order valence-corrected chi connectivity index (χ0v) is 9.98. The van der Waals surface area contributed by atoms with Crippen molar-refractivity contribution in [1.82, 2.24) is 5.48 Å². The van der Waals surface area contributed by atoms with Crippen LogP contribution in [0, 0.1) is 16.7 Å².